The maximum atomic E-state index is 5.64. The van der Waals surface area contributed by atoms with Crippen molar-refractivity contribution in [2.24, 2.45) is 5.41 Å². The standard InChI is InChI=1S/C12H23BrO2/c1-2-3-7-14-8-4-12(11-13)5-9-15-10-6-12/h2-11H2,1H3. The van der Waals surface area contributed by atoms with Crippen molar-refractivity contribution in [3.8, 4) is 0 Å². The minimum atomic E-state index is 0.435. The Bertz CT molecular complexity index is 156. The molecule has 1 heterocycles. The van der Waals surface area contributed by atoms with E-state index < -0.39 is 0 Å². The molecule has 0 spiro atoms. The molecule has 0 N–H and O–H groups in total. The van der Waals surface area contributed by atoms with Crippen LogP contribution in [0.1, 0.15) is 39.0 Å². The van der Waals surface area contributed by atoms with Gasteiger partial charge in [0.05, 0.1) is 0 Å². The van der Waals surface area contributed by atoms with E-state index in [4.69, 9.17) is 9.47 Å². The maximum absolute atomic E-state index is 5.64. The third-order valence-electron chi connectivity index (χ3n) is 3.26. The summed E-state index contributed by atoms with van der Waals surface area (Å²) in [5.74, 6) is 0. The van der Waals surface area contributed by atoms with Crippen LogP contribution in [0.15, 0.2) is 0 Å². The summed E-state index contributed by atoms with van der Waals surface area (Å²) in [7, 11) is 0. The lowest BCUT2D eigenvalue weighted by Gasteiger charge is -2.35. The smallest absolute Gasteiger partial charge is 0.0471 e. The van der Waals surface area contributed by atoms with Gasteiger partial charge in [-0.3, -0.25) is 0 Å². The molecule has 0 aliphatic carbocycles. The van der Waals surface area contributed by atoms with Crippen molar-refractivity contribution >= 4 is 15.9 Å². The second-order valence-electron chi connectivity index (χ2n) is 4.46. The van der Waals surface area contributed by atoms with Crippen molar-refractivity contribution in [2.45, 2.75) is 39.0 Å². The molecule has 0 bridgehead atoms. The van der Waals surface area contributed by atoms with Crippen molar-refractivity contribution in [3.63, 3.8) is 0 Å². The molecule has 0 radical (unpaired) electrons. The van der Waals surface area contributed by atoms with E-state index in [1.54, 1.807) is 0 Å². The van der Waals surface area contributed by atoms with E-state index in [9.17, 15) is 0 Å². The van der Waals surface area contributed by atoms with Crippen LogP contribution >= 0.6 is 15.9 Å². The Hall–Kier alpha value is 0.400. The van der Waals surface area contributed by atoms with Crippen LogP contribution in [0.3, 0.4) is 0 Å². The van der Waals surface area contributed by atoms with Crippen LogP contribution < -0.4 is 0 Å². The lowest BCUT2D eigenvalue weighted by atomic mass is 9.80. The second-order valence-corrected chi connectivity index (χ2v) is 5.02. The van der Waals surface area contributed by atoms with Crippen molar-refractivity contribution in [1.29, 1.82) is 0 Å². The van der Waals surface area contributed by atoms with Gasteiger partial charge in [-0.2, -0.15) is 0 Å². The molecule has 1 aliphatic rings. The van der Waals surface area contributed by atoms with Crippen molar-refractivity contribution in [1.82, 2.24) is 0 Å². The van der Waals surface area contributed by atoms with Gasteiger partial charge in [-0.15, -0.1) is 0 Å². The van der Waals surface area contributed by atoms with E-state index in [1.807, 2.05) is 0 Å². The van der Waals surface area contributed by atoms with Gasteiger partial charge >= 0.3 is 0 Å². The molecule has 1 rings (SSSR count). The van der Waals surface area contributed by atoms with Crippen molar-refractivity contribution < 1.29 is 9.47 Å². The molecule has 15 heavy (non-hydrogen) atoms. The van der Waals surface area contributed by atoms with Crippen LogP contribution in [0.2, 0.25) is 0 Å². The van der Waals surface area contributed by atoms with E-state index >= 15 is 0 Å². The fraction of sp³-hybridized carbons (Fsp3) is 1.00. The molecule has 2 nitrogen and oxygen atoms in total. The number of rotatable bonds is 7. The number of hydrogen-bond donors (Lipinski definition) is 0. The molecule has 0 aromatic carbocycles. The molecule has 90 valence electrons. The average molecular weight is 279 g/mol. The predicted octanol–water partition coefficient (Wildman–Crippen LogP) is 3.38. The zero-order valence-electron chi connectivity index (χ0n) is 9.77. The van der Waals surface area contributed by atoms with E-state index in [0.717, 1.165) is 31.8 Å². The summed E-state index contributed by atoms with van der Waals surface area (Å²) in [6, 6.07) is 0. The van der Waals surface area contributed by atoms with Gasteiger partial charge in [-0.25, -0.2) is 0 Å². The number of hydrogen-bond acceptors (Lipinski definition) is 2. The second kappa shape index (κ2) is 7.64. The molecule has 0 atom stereocenters. The molecule has 0 unspecified atom stereocenters. The monoisotopic (exact) mass is 278 g/mol. The zero-order valence-corrected chi connectivity index (χ0v) is 11.4. The molecule has 0 amide bonds. The number of ether oxygens (including phenoxy) is 2. The van der Waals surface area contributed by atoms with Crippen LogP contribution in [0.25, 0.3) is 0 Å². The third kappa shape index (κ3) is 4.83. The highest BCUT2D eigenvalue weighted by Gasteiger charge is 2.30. The predicted molar refractivity (Wildman–Crippen MR) is 66.6 cm³/mol. The van der Waals surface area contributed by atoms with Crippen LogP contribution in [-0.4, -0.2) is 31.8 Å². The lowest BCUT2D eigenvalue weighted by Crippen LogP contribution is -2.32. The number of unbranched alkanes of at least 4 members (excludes halogenated alkanes) is 1. The molecule has 1 fully saturated rings. The topological polar surface area (TPSA) is 18.5 Å². The minimum absolute atomic E-state index is 0.435. The fourth-order valence-electron chi connectivity index (χ4n) is 1.89. The Morgan fingerprint density at radius 3 is 2.60 bits per heavy atom. The van der Waals surface area contributed by atoms with Crippen LogP contribution in [0, 0.1) is 5.41 Å². The largest absolute Gasteiger partial charge is 0.381 e. The molecular formula is C12H23BrO2. The van der Waals surface area contributed by atoms with Crippen LogP contribution in [0.4, 0.5) is 0 Å². The van der Waals surface area contributed by atoms with Gasteiger partial charge in [0.2, 0.25) is 0 Å². The Kier molecular flexibility index (Phi) is 6.86. The van der Waals surface area contributed by atoms with Gasteiger partial charge in [0, 0.05) is 31.8 Å². The maximum Gasteiger partial charge on any atom is 0.0471 e. The lowest BCUT2D eigenvalue weighted by molar-refractivity contribution is 0.00549. The first kappa shape index (κ1) is 13.5. The molecule has 1 aliphatic heterocycles. The molecule has 0 aromatic rings. The van der Waals surface area contributed by atoms with Gasteiger partial charge in [-0.1, -0.05) is 29.3 Å². The van der Waals surface area contributed by atoms with E-state index in [1.165, 1.54) is 32.1 Å². The Morgan fingerprint density at radius 2 is 2.00 bits per heavy atom. The fourth-order valence-corrected chi connectivity index (χ4v) is 2.73. The van der Waals surface area contributed by atoms with Crippen LogP contribution in [0.5, 0.6) is 0 Å². The van der Waals surface area contributed by atoms with Gasteiger partial charge in [0.1, 0.15) is 0 Å². The third-order valence-corrected chi connectivity index (χ3v) is 4.45. The van der Waals surface area contributed by atoms with E-state index in [-0.39, 0.29) is 0 Å². The summed E-state index contributed by atoms with van der Waals surface area (Å²) in [6.07, 6.45) is 5.93. The first-order valence-corrected chi connectivity index (χ1v) is 7.16. The SMILES string of the molecule is CCCCOCCC1(CBr)CCOCC1. The van der Waals surface area contributed by atoms with E-state index in [2.05, 4.69) is 22.9 Å². The van der Waals surface area contributed by atoms with Gasteiger partial charge in [0.25, 0.3) is 0 Å². The summed E-state index contributed by atoms with van der Waals surface area (Å²) in [5, 5.41) is 1.08. The molecular weight excluding hydrogens is 256 g/mol. The average Bonchev–Trinajstić information content (AvgIpc) is 2.30. The highest BCUT2D eigenvalue weighted by Crippen LogP contribution is 2.35. The molecule has 0 aromatic heterocycles. The number of halogens is 1. The first-order chi connectivity index (χ1) is 7.33. The Labute approximate surface area is 102 Å². The zero-order chi connectivity index (χ0) is 11.0. The Morgan fingerprint density at radius 1 is 1.27 bits per heavy atom. The van der Waals surface area contributed by atoms with Crippen molar-refractivity contribution in [3.05, 3.63) is 0 Å². The highest BCUT2D eigenvalue weighted by atomic mass is 79.9. The quantitative estimate of drug-likeness (QED) is 0.525. The van der Waals surface area contributed by atoms with Crippen LogP contribution in [-0.2, 0) is 9.47 Å². The summed E-state index contributed by atoms with van der Waals surface area (Å²) < 4.78 is 11.1. The Balaban J connectivity index is 2.15. The summed E-state index contributed by atoms with van der Waals surface area (Å²) in [6.45, 7) is 5.86. The summed E-state index contributed by atoms with van der Waals surface area (Å²) in [4.78, 5) is 0. The van der Waals surface area contributed by atoms with E-state index in [0.29, 0.717) is 5.41 Å². The molecule has 1 saturated heterocycles. The van der Waals surface area contributed by atoms with Crippen molar-refractivity contribution in [2.75, 3.05) is 31.8 Å². The summed E-state index contributed by atoms with van der Waals surface area (Å²) >= 11 is 3.64. The number of alkyl halides is 1. The van der Waals surface area contributed by atoms with Gasteiger partial charge < -0.3 is 9.47 Å². The minimum Gasteiger partial charge on any atom is -0.381 e. The normalized spacial score (nSPS) is 20.4. The molecule has 0 saturated carbocycles. The first-order valence-electron chi connectivity index (χ1n) is 6.04. The highest BCUT2D eigenvalue weighted by molar-refractivity contribution is 9.09. The van der Waals surface area contributed by atoms with Gasteiger partial charge in [-0.05, 0) is 31.1 Å². The molecule has 3 heteroatoms. The summed E-state index contributed by atoms with van der Waals surface area (Å²) in [5.41, 5.74) is 0.435. The van der Waals surface area contributed by atoms with Gasteiger partial charge in [0.15, 0.2) is 0 Å².